The van der Waals surface area contributed by atoms with Gasteiger partial charge in [0.05, 0.1) is 7.11 Å². The summed E-state index contributed by atoms with van der Waals surface area (Å²) >= 11 is 0. The summed E-state index contributed by atoms with van der Waals surface area (Å²) in [6, 6.07) is 15.7. The molecule has 0 fully saturated rings. The molecule has 19 heavy (non-hydrogen) atoms. The van der Waals surface area contributed by atoms with Crippen molar-refractivity contribution in [3.63, 3.8) is 0 Å². The number of para-hydroxylation sites is 2. The number of methoxy groups -OCH3 is 1. The molecule has 0 amide bonds. The maximum absolute atomic E-state index is 5.87. The van der Waals surface area contributed by atoms with Crippen LogP contribution >= 0.6 is 0 Å². The summed E-state index contributed by atoms with van der Waals surface area (Å²) in [5.41, 5.74) is 1.20. The largest absolute Gasteiger partial charge is 0.493 e. The van der Waals surface area contributed by atoms with E-state index in [1.54, 1.807) is 7.11 Å². The van der Waals surface area contributed by atoms with Crippen LogP contribution < -0.4 is 14.8 Å². The molecule has 0 aromatic heterocycles. The Labute approximate surface area is 114 Å². The van der Waals surface area contributed by atoms with Crippen molar-refractivity contribution >= 4 is 0 Å². The minimum atomic E-state index is 0.727. The first kappa shape index (κ1) is 13.4. The minimum Gasteiger partial charge on any atom is -0.493 e. The molecule has 3 heteroatoms. The molecule has 2 aromatic rings. The molecule has 1 N–H and O–H groups in total. The molecular formula is C16H19NO2. The van der Waals surface area contributed by atoms with E-state index in [9.17, 15) is 0 Å². The number of benzene rings is 2. The van der Waals surface area contributed by atoms with Crippen molar-refractivity contribution in [3.05, 3.63) is 54.1 Å². The predicted octanol–water partition coefficient (Wildman–Crippen LogP) is 3.60. The lowest BCUT2D eigenvalue weighted by atomic mass is 10.2. The number of rotatable bonds is 6. The second kappa shape index (κ2) is 6.81. The normalized spacial score (nSPS) is 10.2. The van der Waals surface area contributed by atoms with E-state index in [0.717, 1.165) is 30.3 Å². The first-order valence-electron chi connectivity index (χ1n) is 6.44. The third-order valence-corrected chi connectivity index (χ3v) is 2.77. The number of hydrogen-bond acceptors (Lipinski definition) is 3. The van der Waals surface area contributed by atoms with Crippen LogP contribution in [0.2, 0.25) is 0 Å². The van der Waals surface area contributed by atoms with Crippen LogP contribution in [0.3, 0.4) is 0 Å². The molecule has 0 aliphatic heterocycles. The molecule has 100 valence electrons. The SMILES string of the molecule is CCNCc1cccc(Oc2ccccc2OC)c1. The van der Waals surface area contributed by atoms with E-state index in [-0.39, 0.29) is 0 Å². The average molecular weight is 257 g/mol. The van der Waals surface area contributed by atoms with Crippen molar-refractivity contribution < 1.29 is 9.47 Å². The van der Waals surface area contributed by atoms with Gasteiger partial charge in [0, 0.05) is 6.54 Å². The van der Waals surface area contributed by atoms with Crippen molar-refractivity contribution in [2.75, 3.05) is 13.7 Å². The van der Waals surface area contributed by atoms with Crippen molar-refractivity contribution in [1.29, 1.82) is 0 Å². The van der Waals surface area contributed by atoms with E-state index in [1.807, 2.05) is 42.5 Å². The van der Waals surface area contributed by atoms with Crippen LogP contribution in [0.4, 0.5) is 0 Å². The highest BCUT2D eigenvalue weighted by Gasteiger charge is 2.04. The molecule has 0 aliphatic rings. The standard InChI is InChI=1S/C16H19NO2/c1-3-17-12-13-7-6-8-14(11-13)19-16-10-5-4-9-15(16)18-2/h4-11,17H,3,12H2,1-2H3. The van der Waals surface area contributed by atoms with Crippen LogP contribution in [-0.4, -0.2) is 13.7 Å². The lowest BCUT2D eigenvalue weighted by molar-refractivity contribution is 0.378. The first-order chi connectivity index (χ1) is 9.33. The highest BCUT2D eigenvalue weighted by atomic mass is 16.5. The van der Waals surface area contributed by atoms with Gasteiger partial charge in [-0.3, -0.25) is 0 Å². The Hall–Kier alpha value is -2.00. The Bertz CT molecular complexity index is 526. The Morgan fingerprint density at radius 3 is 2.53 bits per heavy atom. The van der Waals surface area contributed by atoms with E-state index in [2.05, 4.69) is 18.3 Å². The van der Waals surface area contributed by atoms with Crippen LogP contribution in [0.5, 0.6) is 17.2 Å². The highest BCUT2D eigenvalue weighted by Crippen LogP contribution is 2.31. The molecule has 0 aliphatic carbocycles. The summed E-state index contributed by atoms with van der Waals surface area (Å²) in [4.78, 5) is 0. The quantitative estimate of drug-likeness (QED) is 0.857. The third kappa shape index (κ3) is 3.73. The Morgan fingerprint density at radius 2 is 1.79 bits per heavy atom. The highest BCUT2D eigenvalue weighted by molar-refractivity contribution is 5.43. The van der Waals surface area contributed by atoms with E-state index in [0.29, 0.717) is 0 Å². The fourth-order valence-corrected chi connectivity index (χ4v) is 1.82. The van der Waals surface area contributed by atoms with Gasteiger partial charge in [0.2, 0.25) is 0 Å². The molecule has 0 saturated heterocycles. The van der Waals surface area contributed by atoms with E-state index >= 15 is 0 Å². The third-order valence-electron chi connectivity index (χ3n) is 2.77. The van der Waals surface area contributed by atoms with Gasteiger partial charge in [0.15, 0.2) is 11.5 Å². The van der Waals surface area contributed by atoms with E-state index < -0.39 is 0 Å². The molecule has 0 bridgehead atoms. The summed E-state index contributed by atoms with van der Waals surface area (Å²) < 4.78 is 11.1. The van der Waals surface area contributed by atoms with Crippen LogP contribution in [-0.2, 0) is 6.54 Å². The summed E-state index contributed by atoms with van der Waals surface area (Å²) in [6.45, 7) is 3.90. The van der Waals surface area contributed by atoms with Crippen LogP contribution in [0, 0.1) is 0 Å². The van der Waals surface area contributed by atoms with Crippen molar-refractivity contribution in [2.45, 2.75) is 13.5 Å². The molecule has 0 atom stereocenters. The predicted molar refractivity (Wildman–Crippen MR) is 76.9 cm³/mol. The zero-order valence-electron chi connectivity index (χ0n) is 11.3. The van der Waals surface area contributed by atoms with E-state index in [4.69, 9.17) is 9.47 Å². The molecule has 3 nitrogen and oxygen atoms in total. The van der Waals surface area contributed by atoms with Gasteiger partial charge >= 0.3 is 0 Å². The summed E-state index contributed by atoms with van der Waals surface area (Å²) in [7, 11) is 1.64. The zero-order chi connectivity index (χ0) is 13.5. The molecule has 0 spiro atoms. The Kier molecular flexibility index (Phi) is 4.81. The maximum atomic E-state index is 5.87. The van der Waals surface area contributed by atoms with Gasteiger partial charge in [-0.15, -0.1) is 0 Å². The van der Waals surface area contributed by atoms with Crippen LogP contribution in [0.1, 0.15) is 12.5 Å². The molecule has 0 radical (unpaired) electrons. The number of nitrogens with one attached hydrogen (secondary N) is 1. The van der Waals surface area contributed by atoms with Crippen molar-refractivity contribution in [2.24, 2.45) is 0 Å². The fourth-order valence-electron chi connectivity index (χ4n) is 1.82. The fraction of sp³-hybridized carbons (Fsp3) is 0.250. The second-order valence-electron chi connectivity index (χ2n) is 4.18. The minimum absolute atomic E-state index is 0.727. The van der Waals surface area contributed by atoms with Crippen molar-refractivity contribution in [1.82, 2.24) is 5.32 Å². The Balaban J connectivity index is 2.14. The van der Waals surface area contributed by atoms with Gasteiger partial charge in [-0.25, -0.2) is 0 Å². The van der Waals surface area contributed by atoms with Crippen LogP contribution in [0.25, 0.3) is 0 Å². The first-order valence-corrected chi connectivity index (χ1v) is 6.44. The Morgan fingerprint density at radius 1 is 1.00 bits per heavy atom. The molecule has 0 unspecified atom stereocenters. The molecule has 0 heterocycles. The van der Waals surface area contributed by atoms with Gasteiger partial charge in [-0.05, 0) is 36.4 Å². The topological polar surface area (TPSA) is 30.5 Å². The monoisotopic (exact) mass is 257 g/mol. The lowest BCUT2D eigenvalue weighted by Crippen LogP contribution is -2.11. The molecule has 2 aromatic carbocycles. The van der Waals surface area contributed by atoms with Gasteiger partial charge in [0.25, 0.3) is 0 Å². The van der Waals surface area contributed by atoms with Gasteiger partial charge in [-0.1, -0.05) is 31.2 Å². The summed E-state index contributed by atoms with van der Waals surface area (Å²) in [5, 5.41) is 3.30. The molecule has 2 rings (SSSR count). The van der Waals surface area contributed by atoms with Gasteiger partial charge in [0.1, 0.15) is 5.75 Å². The van der Waals surface area contributed by atoms with E-state index in [1.165, 1.54) is 5.56 Å². The zero-order valence-corrected chi connectivity index (χ0v) is 11.3. The average Bonchev–Trinajstić information content (AvgIpc) is 2.46. The number of hydrogen-bond donors (Lipinski definition) is 1. The van der Waals surface area contributed by atoms with Crippen molar-refractivity contribution in [3.8, 4) is 17.2 Å². The van der Waals surface area contributed by atoms with Crippen LogP contribution in [0.15, 0.2) is 48.5 Å². The maximum Gasteiger partial charge on any atom is 0.169 e. The molecular weight excluding hydrogens is 238 g/mol. The smallest absolute Gasteiger partial charge is 0.169 e. The summed E-state index contributed by atoms with van der Waals surface area (Å²) in [6.07, 6.45) is 0. The number of ether oxygens (including phenoxy) is 2. The lowest BCUT2D eigenvalue weighted by Gasteiger charge is -2.11. The van der Waals surface area contributed by atoms with Gasteiger partial charge < -0.3 is 14.8 Å². The summed E-state index contributed by atoms with van der Waals surface area (Å²) in [5.74, 6) is 2.28. The molecule has 0 saturated carbocycles. The second-order valence-corrected chi connectivity index (χ2v) is 4.18. The van der Waals surface area contributed by atoms with Gasteiger partial charge in [-0.2, -0.15) is 0 Å².